The summed E-state index contributed by atoms with van der Waals surface area (Å²) in [4.78, 5) is 0. The summed E-state index contributed by atoms with van der Waals surface area (Å²) in [5.74, 6) is 0. The van der Waals surface area contributed by atoms with Crippen molar-refractivity contribution in [3.63, 3.8) is 0 Å². The molecule has 0 N–H and O–H groups in total. The molecule has 0 bridgehead atoms. The van der Waals surface area contributed by atoms with Crippen LogP contribution in [-0.4, -0.2) is 14.4 Å². The lowest BCUT2D eigenvalue weighted by Crippen LogP contribution is -2.64. The van der Waals surface area contributed by atoms with Crippen molar-refractivity contribution in [3.05, 3.63) is 338 Å². The van der Waals surface area contributed by atoms with Gasteiger partial charge in [-0.25, -0.2) is 0 Å². The Morgan fingerprint density at radius 2 is 0.377 bits per heavy atom. The van der Waals surface area contributed by atoms with Crippen LogP contribution in [0.1, 0.15) is 70.2 Å². The van der Waals surface area contributed by atoms with E-state index in [-0.39, 0.29) is 0 Å². The smallest absolute Gasteiger partial charge is 0.575 e. The molecule has 0 saturated carbocycles. The van der Waals surface area contributed by atoms with Gasteiger partial charge in [0.05, 0.1) is 22.4 Å². The third-order valence-electron chi connectivity index (χ3n) is 13.0. The molecule has 0 aromatic heterocycles. The lowest BCUT2D eigenvalue weighted by atomic mass is 9.83. The van der Waals surface area contributed by atoms with E-state index in [1.54, 1.807) is 0 Å². The Morgan fingerprint density at radius 3 is 0.493 bits per heavy atom. The summed E-state index contributed by atoms with van der Waals surface area (Å²) in [7, 11) is 0. The van der Waals surface area contributed by atoms with E-state index in [1.807, 2.05) is 170 Å². The largest absolute Gasteiger partial charge is 0.878 e. The van der Waals surface area contributed by atoms with Crippen LogP contribution < -0.4 is 0 Å². The fourth-order valence-electron chi connectivity index (χ4n) is 9.95. The third-order valence-corrected chi connectivity index (χ3v) is 15.8. The molecule has 0 saturated heterocycles. The van der Waals surface area contributed by atoms with Gasteiger partial charge in [0.2, 0.25) is 0 Å². The minimum Gasteiger partial charge on any atom is -0.575 e. The monoisotopic (exact) mass is 919 g/mol. The van der Waals surface area contributed by atoms with Gasteiger partial charge >= 0.3 is 14.4 Å². The average molecular weight is 920 g/mol. The molecule has 0 aliphatic carbocycles. The van der Waals surface area contributed by atoms with E-state index < -0.39 is 36.8 Å². The predicted molar refractivity (Wildman–Crippen MR) is 284 cm³/mol. The van der Waals surface area contributed by atoms with Crippen LogP contribution in [0.15, 0.2) is 293 Å². The zero-order valence-electron chi connectivity index (χ0n) is 39.3. The zero-order valence-corrected chi connectivity index (χ0v) is 40.4. The first-order valence-corrected chi connectivity index (χ1v) is 25.6. The Kier molecular flexibility index (Phi) is 15.8. The van der Waals surface area contributed by atoms with E-state index in [1.165, 1.54) is 0 Å². The Hall–Kier alpha value is -6.91. The Morgan fingerprint density at radius 1 is 0.246 bits per heavy atom. The first kappa shape index (κ1) is 48.5. The summed E-state index contributed by atoms with van der Waals surface area (Å²) >= 11 is -5.66. The van der Waals surface area contributed by atoms with Crippen LogP contribution in [0, 0.1) is 0 Å². The van der Waals surface area contributed by atoms with Crippen LogP contribution >= 0.6 is 0 Å². The molecule has 344 valence electrons. The molecule has 0 unspecified atom stereocenters. The van der Waals surface area contributed by atoms with Gasteiger partial charge < -0.3 is 15.2 Å². The van der Waals surface area contributed by atoms with Crippen LogP contribution in [0.4, 0.5) is 0 Å². The number of hydrogen-bond acceptors (Lipinski definition) is 4. The fourth-order valence-corrected chi connectivity index (χ4v) is 13.7. The molecule has 69 heavy (non-hydrogen) atoms. The molecular formula is C64H60AlO4-. The molecule has 4 nitrogen and oxygen atoms in total. The summed E-state index contributed by atoms with van der Waals surface area (Å²) in [6, 6.07) is 82.3. The summed E-state index contributed by atoms with van der Waals surface area (Å²) in [6.45, 7) is 17.6. The Labute approximate surface area is 413 Å². The number of hydrogen-bond donors (Lipinski definition) is 0. The lowest BCUT2D eigenvalue weighted by molar-refractivity contribution is -0.169. The zero-order chi connectivity index (χ0) is 47.9. The van der Waals surface area contributed by atoms with Crippen molar-refractivity contribution in [3.8, 4) is 0 Å². The molecule has 0 atom stereocenters. The molecule has 8 aromatic rings. The quantitative estimate of drug-likeness (QED) is 0.0447. The molecule has 0 radical (unpaired) electrons. The number of benzene rings is 8. The van der Waals surface area contributed by atoms with Gasteiger partial charge in [-0.15, -0.1) is 26.3 Å². The molecule has 0 spiro atoms. The van der Waals surface area contributed by atoms with Gasteiger partial charge in [-0.2, -0.15) is 0 Å². The maximum Gasteiger partial charge on any atom is 0.878 e. The standard InChI is InChI=1S/4C16H15O.Al/c4*1-2-13-16(17,14-9-5-3-6-10-14)15-11-7-4-8-12-15;/h4*2-12H,1,13H2;/q4*-1;+3. The molecule has 0 heterocycles. The van der Waals surface area contributed by atoms with E-state index in [0.29, 0.717) is 25.7 Å². The van der Waals surface area contributed by atoms with Crippen LogP contribution in [0.3, 0.4) is 0 Å². The topological polar surface area (TPSA) is 36.9 Å². The SMILES string of the molecule is C=CCC([O][Al-]([O]C(CC=C)(c1ccccc1)c1ccccc1)([O]C(CC=C)(c1ccccc1)c1ccccc1)[O]C(CC=C)(c1ccccc1)c1ccccc1)(c1ccccc1)c1ccccc1. The molecule has 5 heteroatoms. The predicted octanol–water partition coefficient (Wildman–Crippen LogP) is 15.6. The summed E-state index contributed by atoms with van der Waals surface area (Å²) in [6.07, 6.45) is 8.91. The Balaban J connectivity index is 1.60. The first-order valence-electron chi connectivity index (χ1n) is 23.7. The van der Waals surface area contributed by atoms with E-state index in [0.717, 1.165) is 44.5 Å². The van der Waals surface area contributed by atoms with Crippen molar-refractivity contribution < 1.29 is 15.2 Å². The lowest BCUT2D eigenvalue weighted by Gasteiger charge is -2.58. The van der Waals surface area contributed by atoms with Gasteiger partial charge in [0.1, 0.15) is 0 Å². The van der Waals surface area contributed by atoms with Crippen molar-refractivity contribution in [2.75, 3.05) is 0 Å². The van der Waals surface area contributed by atoms with E-state index in [9.17, 15) is 0 Å². The second kappa shape index (κ2) is 22.5. The second-order valence-corrected chi connectivity index (χ2v) is 19.4. The van der Waals surface area contributed by atoms with Gasteiger partial charge in [-0.05, 0) is 70.2 Å². The highest BCUT2D eigenvalue weighted by Crippen LogP contribution is 2.53. The molecule has 0 aliphatic rings. The third kappa shape index (κ3) is 10.1. The first-order chi connectivity index (χ1) is 33.9. The summed E-state index contributed by atoms with van der Waals surface area (Å²) < 4.78 is 34.0. The highest BCUT2D eigenvalue weighted by Gasteiger charge is 2.64. The van der Waals surface area contributed by atoms with Crippen LogP contribution in [-0.2, 0) is 37.6 Å². The van der Waals surface area contributed by atoms with Gasteiger partial charge in [0, 0.05) is 0 Å². The second-order valence-electron chi connectivity index (χ2n) is 17.3. The maximum atomic E-state index is 8.50. The van der Waals surface area contributed by atoms with Gasteiger partial charge in [-0.1, -0.05) is 267 Å². The normalized spacial score (nSPS) is 12.2. The minimum absolute atomic E-state index is 0.320. The van der Waals surface area contributed by atoms with Crippen molar-refractivity contribution in [1.29, 1.82) is 0 Å². The van der Waals surface area contributed by atoms with Crippen LogP contribution in [0.2, 0.25) is 0 Å². The van der Waals surface area contributed by atoms with E-state index >= 15 is 0 Å². The molecule has 0 fully saturated rings. The van der Waals surface area contributed by atoms with Gasteiger partial charge in [-0.3, -0.25) is 0 Å². The van der Waals surface area contributed by atoms with Crippen LogP contribution in [0.25, 0.3) is 0 Å². The highest BCUT2D eigenvalue weighted by molar-refractivity contribution is 6.54. The summed E-state index contributed by atoms with van der Waals surface area (Å²) in [5, 5.41) is 0. The van der Waals surface area contributed by atoms with Gasteiger partial charge in [0.15, 0.2) is 0 Å². The van der Waals surface area contributed by atoms with E-state index in [2.05, 4.69) is 123 Å². The molecule has 0 aliphatic heterocycles. The highest BCUT2D eigenvalue weighted by atomic mass is 27.3. The maximum absolute atomic E-state index is 8.50. The van der Waals surface area contributed by atoms with Crippen molar-refractivity contribution in [2.45, 2.75) is 48.1 Å². The average Bonchev–Trinajstić information content (AvgIpc) is 3.42. The van der Waals surface area contributed by atoms with Crippen molar-refractivity contribution in [2.24, 2.45) is 0 Å². The molecule has 8 rings (SSSR count). The Bertz CT molecular complexity index is 2280. The van der Waals surface area contributed by atoms with Crippen molar-refractivity contribution >= 4 is 14.4 Å². The minimum atomic E-state index is -5.66. The van der Waals surface area contributed by atoms with E-state index in [4.69, 9.17) is 15.2 Å². The summed E-state index contributed by atoms with van der Waals surface area (Å²) in [5.41, 5.74) is 1.73. The fraction of sp³-hybridized carbons (Fsp3) is 0.125. The van der Waals surface area contributed by atoms with Gasteiger partial charge in [0.25, 0.3) is 0 Å². The molecule has 0 amide bonds. The van der Waals surface area contributed by atoms with Crippen molar-refractivity contribution in [1.82, 2.24) is 0 Å². The molecule has 8 aromatic carbocycles. The number of rotatable bonds is 24. The molecular weight excluding hydrogens is 860 g/mol. The van der Waals surface area contributed by atoms with Crippen LogP contribution in [0.5, 0.6) is 0 Å².